The molecule has 0 aliphatic heterocycles. The van der Waals surface area contributed by atoms with Gasteiger partial charge < -0.3 is 13.7 Å². The van der Waals surface area contributed by atoms with Crippen molar-refractivity contribution in [3.05, 3.63) is 376 Å². The van der Waals surface area contributed by atoms with E-state index in [4.69, 9.17) is 18.8 Å². The van der Waals surface area contributed by atoms with Crippen LogP contribution >= 0.6 is 0 Å². The first-order chi connectivity index (χ1) is 53.5. The zero-order valence-corrected chi connectivity index (χ0v) is 58.4. The van der Waals surface area contributed by atoms with E-state index in [2.05, 4.69) is 356 Å². The van der Waals surface area contributed by atoms with Crippen LogP contribution in [0, 0.1) is 0 Å². The molecule has 18 aromatic carbocycles. The van der Waals surface area contributed by atoms with Gasteiger partial charge in [-0.05, 0) is 251 Å². The van der Waals surface area contributed by atoms with E-state index in [0.717, 1.165) is 111 Å². The summed E-state index contributed by atoms with van der Waals surface area (Å²) in [7, 11) is 0. The van der Waals surface area contributed by atoms with Gasteiger partial charge in [0.05, 0.1) is 5.69 Å². The molecule has 4 heterocycles. The van der Waals surface area contributed by atoms with E-state index in [1.807, 2.05) is 30.6 Å². The van der Waals surface area contributed by atoms with E-state index in [1.165, 1.54) is 97.5 Å². The van der Waals surface area contributed by atoms with Crippen LogP contribution in [0.4, 0.5) is 34.3 Å². The first kappa shape index (κ1) is 61.1. The number of rotatable bonds is 11. The van der Waals surface area contributed by atoms with Gasteiger partial charge in [-0.1, -0.05) is 255 Å². The second-order valence-corrected chi connectivity index (χ2v) is 28.2. The fourth-order valence-electron chi connectivity index (χ4n) is 17.3. The number of pyridine rings is 2. The van der Waals surface area contributed by atoms with Gasteiger partial charge in [0.25, 0.3) is 0 Å². The summed E-state index contributed by atoms with van der Waals surface area (Å²) >= 11 is 0. The highest BCUT2D eigenvalue weighted by atomic mass is 16.3. The van der Waals surface area contributed by atoms with Crippen LogP contribution < -0.4 is 9.80 Å². The van der Waals surface area contributed by atoms with Crippen molar-refractivity contribution in [3.63, 3.8) is 0 Å². The molecule has 4 aromatic heterocycles. The number of nitrogens with zero attached hydrogens (tertiary/aromatic N) is 4. The fraction of sp³-hybridized carbons (Fsp3) is 0. The van der Waals surface area contributed by atoms with Crippen LogP contribution in [0.1, 0.15) is 0 Å². The third kappa shape index (κ3) is 9.81. The van der Waals surface area contributed by atoms with Crippen LogP contribution in [0.3, 0.4) is 0 Å². The fourth-order valence-corrected chi connectivity index (χ4v) is 17.3. The van der Waals surface area contributed by atoms with Crippen molar-refractivity contribution in [2.24, 2.45) is 0 Å². The zero-order valence-electron chi connectivity index (χ0n) is 58.4. The first-order valence-electron chi connectivity index (χ1n) is 36.8. The van der Waals surface area contributed by atoms with Crippen molar-refractivity contribution in [1.82, 2.24) is 9.97 Å². The molecule has 0 saturated heterocycles. The predicted octanol–water partition coefficient (Wildman–Crippen LogP) is 28.8. The molecule has 0 aliphatic rings. The summed E-state index contributed by atoms with van der Waals surface area (Å²) < 4.78 is 14.0. The lowest BCUT2D eigenvalue weighted by atomic mass is 9.91. The molecule has 0 saturated carbocycles. The quantitative estimate of drug-likeness (QED) is 0.120. The molecule has 6 heteroatoms. The second-order valence-electron chi connectivity index (χ2n) is 28.2. The molecular formula is C102H62N4O2. The second kappa shape index (κ2) is 24.6. The Morgan fingerprint density at radius 3 is 1.05 bits per heavy atom. The van der Waals surface area contributed by atoms with Crippen LogP contribution in [-0.2, 0) is 0 Å². The molecular weight excluding hydrogens is 1310 g/mol. The summed E-state index contributed by atoms with van der Waals surface area (Å²) in [4.78, 5) is 14.8. The number of fused-ring (bicyclic) bond motifs is 18. The number of aromatic nitrogens is 2. The lowest BCUT2D eigenvalue weighted by Gasteiger charge is -2.26. The monoisotopic (exact) mass is 1370 g/mol. The molecule has 0 amide bonds. The van der Waals surface area contributed by atoms with E-state index in [9.17, 15) is 0 Å². The lowest BCUT2D eigenvalue weighted by molar-refractivity contribution is 0.667. The Bertz CT molecular complexity index is 7260. The number of anilines is 6. The van der Waals surface area contributed by atoms with E-state index >= 15 is 0 Å². The van der Waals surface area contributed by atoms with Crippen LogP contribution in [0.25, 0.3) is 186 Å². The van der Waals surface area contributed by atoms with E-state index in [0.29, 0.717) is 11.4 Å². The predicted molar refractivity (Wildman–Crippen MR) is 453 cm³/mol. The first-order valence-corrected chi connectivity index (χ1v) is 36.8. The van der Waals surface area contributed by atoms with Crippen molar-refractivity contribution in [1.29, 1.82) is 0 Å². The number of para-hydroxylation sites is 1. The highest BCUT2D eigenvalue weighted by Crippen LogP contribution is 2.49. The van der Waals surface area contributed by atoms with Gasteiger partial charge in [-0.2, -0.15) is 0 Å². The van der Waals surface area contributed by atoms with Crippen molar-refractivity contribution >= 4 is 164 Å². The summed E-state index contributed by atoms with van der Waals surface area (Å²) in [6.07, 6.45) is 3.83. The van der Waals surface area contributed by atoms with Crippen molar-refractivity contribution in [3.8, 4) is 55.6 Å². The maximum atomic E-state index is 7.21. The molecule has 0 N–H and O–H groups in total. The maximum absolute atomic E-state index is 7.21. The molecule has 0 bridgehead atoms. The Balaban J connectivity index is 0.653. The molecule has 108 heavy (non-hydrogen) atoms. The summed E-state index contributed by atoms with van der Waals surface area (Å²) in [5.41, 5.74) is 20.0. The van der Waals surface area contributed by atoms with Gasteiger partial charge in [-0.3, -0.25) is 9.88 Å². The molecule has 0 radical (unpaired) electrons. The maximum Gasteiger partial charge on any atom is 0.181 e. The minimum Gasteiger partial charge on any atom is -0.452 e. The molecule has 22 rings (SSSR count). The van der Waals surface area contributed by atoms with Gasteiger partial charge >= 0.3 is 0 Å². The Kier molecular flexibility index (Phi) is 13.9. The van der Waals surface area contributed by atoms with Crippen LogP contribution in [0.2, 0.25) is 0 Å². The van der Waals surface area contributed by atoms with Gasteiger partial charge in [0, 0.05) is 51.3 Å². The zero-order chi connectivity index (χ0) is 70.9. The standard InChI is InChI=1S/C102H62N4O2/c1-4-21-76-67(18-1)59-91(85-28-11-7-24-81(76)85)63-36-45-72(46-37-63)105(95-55-57-103-99-89-32-15-16-34-96(89)107-101(95)99)73-47-38-66(39-48-73)94-62-71-58-70(44-53-79(71)84-27-10-14-31-88(84)94)80-33-17-35-97-98(80)90-54-56-104-102(100(90)108-97)106(74-49-40-64(41-50-74)92-60-68-19-2-5-22-77(68)82-25-8-12-29-86(82)92)75-51-42-65(43-52-75)93-61-69-20-3-6-23-78(69)83-26-9-13-30-87(83)93/h1-62H. The number of furan rings is 2. The van der Waals surface area contributed by atoms with Gasteiger partial charge in [0.15, 0.2) is 17.0 Å². The van der Waals surface area contributed by atoms with Crippen LogP contribution in [-0.4, -0.2) is 9.97 Å². The van der Waals surface area contributed by atoms with Gasteiger partial charge in [-0.25, -0.2) is 4.98 Å². The lowest BCUT2D eigenvalue weighted by Crippen LogP contribution is -2.11. The Morgan fingerprint density at radius 1 is 0.213 bits per heavy atom. The molecule has 0 aliphatic carbocycles. The number of hydrogen-bond acceptors (Lipinski definition) is 6. The minimum absolute atomic E-state index is 0.693. The smallest absolute Gasteiger partial charge is 0.181 e. The van der Waals surface area contributed by atoms with Gasteiger partial charge in [-0.15, -0.1) is 0 Å². The van der Waals surface area contributed by atoms with E-state index in [1.54, 1.807) is 0 Å². The summed E-state index contributed by atoms with van der Waals surface area (Å²) in [6, 6.07) is 132. The Hall–Kier alpha value is -14.5. The van der Waals surface area contributed by atoms with Crippen LogP contribution in [0.5, 0.6) is 0 Å². The number of hydrogen-bond donors (Lipinski definition) is 0. The van der Waals surface area contributed by atoms with Gasteiger partial charge in [0.1, 0.15) is 16.7 Å². The van der Waals surface area contributed by atoms with Crippen molar-refractivity contribution in [2.45, 2.75) is 0 Å². The highest BCUT2D eigenvalue weighted by Gasteiger charge is 2.26. The molecule has 502 valence electrons. The SMILES string of the molecule is c1ccc2c(c1)cc(-c1ccc(N(c3ccc(-c4cc5ccccc5c5ccccc45)cc3)c3nccc4c3oc3cccc(-c5ccc6c(c5)cc(-c5ccc(N(c7ccc(-c8cc9ccccc9c9ccccc89)cc7)c7ccnc8c7oc7ccccc78)cc5)c5ccccc56)c34)cc1)c1ccccc12. The summed E-state index contributed by atoms with van der Waals surface area (Å²) in [5.74, 6) is 0.693. The summed E-state index contributed by atoms with van der Waals surface area (Å²) in [5, 5.41) is 22.4. The van der Waals surface area contributed by atoms with Crippen molar-refractivity contribution < 1.29 is 8.83 Å². The molecule has 6 nitrogen and oxygen atoms in total. The minimum atomic E-state index is 0.693. The molecule has 22 aromatic rings. The van der Waals surface area contributed by atoms with E-state index in [-0.39, 0.29) is 0 Å². The average molecular weight is 1380 g/mol. The highest BCUT2D eigenvalue weighted by molar-refractivity contribution is 6.20. The third-order valence-corrected chi connectivity index (χ3v) is 22.3. The van der Waals surface area contributed by atoms with E-state index < -0.39 is 0 Å². The topological polar surface area (TPSA) is 58.5 Å². The average Bonchev–Trinajstić information content (AvgIpc) is 1.48. The Morgan fingerprint density at radius 2 is 0.574 bits per heavy atom. The molecule has 0 spiro atoms. The van der Waals surface area contributed by atoms with Gasteiger partial charge in [0.2, 0.25) is 0 Å². The molecule has 0 fully saturated rings. The van der Waals surface area contributed by atoms with Crippen molar-refractivity contribution in [2.75, 3.05) is 9.80 Å². The largest absolute Gasteiger partial charge is 0.452 e. The van der Waals surface area contributed by atoms with Crippen LogP contribution in [0.15, 0.2) is 385 Å². The number of benzene rings is 18. The Labute approximate surface area is 621 Å². The molecule has 0 unspecified atom stereocenters. The molecule has 0 atom stereocenters. The summed E-state index contributed by atoms with van der Waals surface area (Å²) in [6.45, 7) is 0. The third-order valence-electron chi connectivity index (χ3n) is 22.3. The normalized spacial score (nSPS) is 11.9.